The van der Waals surface area contributed by atoms with Gasteiger partial charge in [0.2, 0.25) is 0 Å². The molecule has 4 heteroatoms. The molecule has 1 saturated heterocycles. The van der Waals surface area contributed by atoms with E-state index in [1.165, 1.54) is 22.9 Å². The number of rotatable bonds is 4. The van der Waals surface area contributed by atoms with Crippen LogP contribution in [0.1, 0.15) is 42.0 Å². The Morgan fingerprint density at radius 1 is 0.839 bits per heavy atom. The number of carbonyl (C=O) groups excluding carboxylic acids is 1. The Bertz CT molecular complexity index is 1140. The van der Waals surface area contributed by atoms with E-state index in [-0.39, 0.29) is 5.91 Å². The summed E-state index contributed by atoms with van der Waals surface area (Å²) in [7, 11) is 0. The van der Waals surface area contributed by atoms with Gasteiger partial charge in [0, 0.05) is 0 Å². The fraction of sp³-hybridized carbons (Fsp3) is 0.185. The molecule has 3 aromatic rings. The molecular weight excluding hydrogens is 400 g/mol. The van der Waals surface area contributed by atoms with Crippen molar-refractivity contribution < 1.29 is 4.79 Å². The van der Waals surface area contributed by atoms with Crippen molar-refractivity contribution in [3.05, 3.63) is 100.0 Å². The summed E-state index contributed by atoms with van der Waals surface area (Å²) < 4.78 is 0. The Balaban J connectivity index is 1.72. The molecule has 0 aromatic heterocycles. The number of carbonyl (C=O) groups is 1. The molecule has 1 aliphatic rings. The minimum Gasteiger partial charge on any atom is -0.268 e. The quantitative estimate of drug-likeness (QED) is 0.412. The van der Waals surface area contributed by atoms with E-state index in [1.54, 1.807) is 4.90 Å². The monoisotopic (exact) mass is 426 g/mol. The minimum absolute atomic E-state index is 0.0485. The molecule has 0 spiro atoms. The van der Waals surface area contributed by atoms with Crippen LogP contribution in [0.5, 0.6) is 0 Å². The maximum Gasteiger partial charge on any atom is 0.271 e. The van der Waals surface area contributed by atoms with Gasteiger partial charge in [-0.2, -0.15) is 0 Å². The molecule has 0 radical (unpaired) electrons. The molecule has 3 nitrogen and oxygen atoms in total. The van der Waals surface area contributed by atoms with Gasteiger partial charge in [-0.1, -0.05) is 73.5 Å². The number of thioether (sulfide) groups is 1. The first-order valence-electron chi connectivity index (χ1n) is 10.5. The molecule has 4 rings (SSSR count). The molecule has 31 heavy (non-hydrogen) atoms. The van der Waals surface area contributed by atoms with Gasteiger partial charge in [-0.05, 0) is 73.0 Å². The number of aliphatic imine (C=N–C) groups is 1. The molecule has 0 unspecified atom stereocenters. The van der Waals surface area contributed by atoms with E-state index in [0.29, 0.717) is 16.0 Å². The van der Waals surface area contributed by atoms with Gasteiger partial charge >= 0.3 is 0 Å². The number of hydrogen-bond acceptors (Lipinski definition) is 3. The van der Waals surface area contributed by atoms with Crippen LogP contribution in [-0.2, 0) is 4.79 Å². The second-order valence-corrected chi connectivity index (χ2v) is 9.15. The maximum atomic E-state index is 13.4. The van der Waals surface area contributed by atoms with Crippen LogP contribution in [0.25, 0.3) is 6.08 Å². The highest BCUT2D eigenvalue weighted by Crippen LogP contribution is 2.37. The van der Waals surface area contributed by atoms with E-state index in [0.717, 1.165) is 22.5 Å². The molecule has 0 aliphatic carbocycles. The molecule has 1 amide bonds. The van der Waals surface area contributed by atoms with Crippen molar-refractivity contribution in [3.63, 3.8) is 0 Å². The number of hydrogen-bond donors (Lipinski definition) is 0. The number of anilines is 1. The predicted molar refractivity (Wildman–Crippen MR) is 133 cm³/mol. The Morgan fingerprint density at radius 3 is 2.00 bits per heavy atom. The van der Waals surface area contributed by atoms with Gasteiger partial charge in [0.05, 0.1) is 16.3 Å². The third-order valence-electron chi connectivity index (χ3n) is 5.26. The zero-order valence-electron chi connectivity index (χ0n) is 18.3. The van der Waals surface area contributed by atoms with Gasteiger partial charge in [-0.3, -0.25) is 9.69 Å². The Kier molecular flexibility index (Phi) is 6.10. The highest BCUT2D eigenvalue weighted by Gasteiger charge is 2.34. The number of benzene rings is 3. The van der Waals surface area contributed by atoms with E-state index in [4.69, 9.17) is 4.99 Å². The van der Waals surface area contributed by atoms with Gasteiger partial charge in [0.1, 0.15) is 0 Å². The lowest BCUT2D eigenvalue weighted by Crippen LogP contribution is -2.28. The molecule has 0 atom stereocenters. The number of amides is 1. The fourth-order valence-corrected chi connectivity index (χ4v) is 4.33. The van der Waals surface area contributed by atoms with Gasteiger partial charge in [0.25, 0.3) is 5.91 Å². The summed E-state index contributed by atoms with van der Waals surface area (Å²) in [6.45, 7) is 8.45. The predicted octanol–water partition coefficient (Wildman–Crippen LogP) is 7.24. The van der Waals surface area contributed by atoms with Crippen molar-refractivity contribution in [2.45, 2.75) is 33.6 Å². The normalized spacial score (nSPS) is 16.7. The molecule has 1 aliphatic heterocycles. The first-order chi connectivity index (χ1) is 14.9. The molecule has 3 aromatic carbocycles. The summed E-state index contributed by atoms with van der Waals surface area (Å²) >= 11 is 1.42. The van der Waals surface area contributed by atoms with Crippen LogP contribution in [0.2, 0.25) is 0 Å². The average molecular weight is 427 g/mol. The fourth-order valence-electron chi connectivity index (χ4n) is 3.33. The van der Waals surface area contributed by atoms with E-state index >= 15 is 0 Å². The summed E-state index contributed by atoms with van der Waals surface area (Å²) in [6.07, 6.45) is 1.95. The number of nitrogens with zero attached hydrogens (tertiary/aromatic N) is 2. The van der Waals surface area contributed by atoms with Crippen LogP contribution in [0.15, 0.2) is 82.7 Å². The molecule has 1 fully saturated rings. The third-order valence-corrected chi connectivity index (χ3v) is 6.23. The average Bonchev–Trinajstić information content (AvgIpc) is 3.05. The molecule has 0 N–H and O–H groups in total. The second-order valence-electron chi connectivity index (χ2n) is 8.14. The van der Waals surface area contributed by atoms with Crippen LogP contribution >= 0.6 is 11.8 Å². The van der Waals surface area contributed by atoms with Crippen LogP contribution in [-0.4, -0.2) is 11.1 Å². The first kappa shape index (κ1) is 21.1. The summed E-state index contributed by atoms with van der Waals surface area (Å²) in [6, 6.07) is 24.4. The van der Waals surface area contributed by atoms with Crippen molar-refractivity contribution in [1.29, 1.82) is 0 Å². The van der Waals surface area contributed by atoms with E-state index in [2.05, 4.69) is 45.0 Å². The van der Waals surface area contributed by atoms with Crippen molar-refractivity contribution >= 4 is 40.3 Å². The molecule has 156 valence electrons. The Morgan fingerprint density at radius 2 is 1.42 bits per heavy atom. The lowest BCUT2D eigenvalue weighted by atomic mass is 10.0. The zero-order chi connectivity index (χ0) is 22.0. The Hall–Kier alpha value is -3.11. The maximum absolute atomic E-state index is 13.4. The molecule has 0 saturated carbocycles. The third kappa shape index (κ3) is 4.80. The summed E-state index contributed by atoms with van der Waals surface area (Å²) in [5.41, 5.74) is 6.30. The van der Waals surface area contributed by atoms with E-state index < -0.39 is 0 Å². The van der Waals surface area contributed by atoms with Gasteiger partial charge in [0.15, 0.2) is 5.17 Å². The lowest BCUT2D eigenvalue weighted by Gasteiger charge is -2.16. The second kappa shape index (κ2) is 8.94. The highest BCUT2D eigenvalue weighted by molar-refractivity contribution is 8.19. The SMILES string of the molecule is Cc1ccc(N=C2SC(=Cc3ccc(C(C)C)cc3)C(=O)N2c2ccc(C)cc2)cc1. The topological polar surface area (TPSA) is 32.7 Å². The summed E-state index contributed by atoms with van der Waals surface area (Å²) in [5, 5.41) is 0.669. The number of aryl methyl sites for hydroxylation is 2. The smallest absolute Gasteiger partial charge is 0.268 e. The van der Waals surface area contributed by atoms with Crippen molar-refractivity contribution in [2.75, 3.05) is 4.90 Å². The van der Waals surface area contributed by atoms with Gasteiger partial charge in [-0.25, -0.2) is 4.99 Å². The van der Waals surface area contributed by atoms with E-state index in [9.17, 15) is 4.79 Å². The van der Waals surface area contributed by atoms with E-state index in [1.807, 2.05) is 61.5 Å². The van der Waals surface area contributed by atoms with Crippen LogP contribution in [0.3, 0.4) is 0 Å². The van der Waals surface area contributed by atoms with Crippen LogP contribution in [0, 0.1) is 13.8 Å². The molecule has 1 heterocycles. The lowest BCUT2D eigenvalue weighted by molar-refractivity contribution is -0.113. The summed E-state index contributed by atoms with van der Waals surface area (Å²) in [4.78, 5) is 20.6. The van der Waals surface area contributed by atoms with Gasteiger partial charge < -0.3 is 0 Å². The number of amidine groups is 1. The van der Waals surface area contributed by atoms with Crippen molar-refractivity contribution in [2.24, 2.45) is 4.99 Å². The standard InChI is InChI=1S/C27H26N2OS/c1-18(2)22-11-9-21(10-12-22)17-25-26(30)29(24-15-7-20(4)8-16-24)27(31-25)28-23-13-5-19(3)6-14-23/h5-18H,1-4H3. The van der Waals surface area contributed by atoms with Gasteiger partial charge in [-0.15, -0.1) is 0 Å². The van der Waals surface area contributed by atoms with Crippen molar-refractivity contribution in [3.8, 4) is 0 Å². The highest BCUT2D eigenvalue weighted by atomic mass is 32.2. The zero-order valence-corrected chi connectivity index (χ0v) is 19.1. The van der Waals surface area contributed by atoms with Crippen molar-refractivity contribution in [1.82, 2.24) is 0 Å². The van der Waals surface area contributed by atoms with Crippen LogP contribution < -0.4 is 4.90 Å². The minimum atomic E-state index is -0.0485. The summed E-state index contributed by atoms with van der Waals surface area (Å²) in [5.74, 6) is 0.433. The Labute approximate surface area is 188 Å². The molecular formula is C27H26N2OS. The first-order valence-corrected chi connectivity index (χ1v) is 11.3. The van der Waals surface area contributed by atoms with Crippen LogP contribution in [0.4, 0.5) is 11.4 Å². The largest absolute Gasteiger partial charge is 0.271 e. The molecule has 0 bridgehead atoms.